The summed E-state index contributed by atoms with van der Waals surface area (Å²) in [5.41, 5.74) is 4.80. The molecule has 0 amide bonds. The van der Waals surface area contributed by atoms with Crippen molar-refractivity contribution >= 4 is 34.9 Å². The van der Waals surface area contributed by atoms with E-state index < -0.39 is 5.97 Å². The zero-order valence-electron chi connectivity index (χ0n) is 18.6. The Morgan fingerprint density at radius 3 is 2.66 bits per heavy atom. The Labute approximate surface area is 193 Å². The molecule has 3 rings (SSSR count). The van der Waals surface area contributed by atoms with E-state index in [9.17, 15) is 4.79 Å². The molecule has 0 fully saturated rings. The van der Waals surface area contributed by atoms with E-state index in [1.165, 1.54) is 5.56 Å². The van der Waals surface area contributed by atoms with Gasteiger partial charge in [-0.15, -0.1) is 17.9 Å². The van der Waals surface area contributed by atoms with Crippen LogP contribution in [0.1, 0.15) is 49.1 Å². The Kier molecular flexibility index (Phi) is 8.34. The van der Waals surface area contributed by atoms with Gasteiger partial charge in [0.2, 0.25) is 0 Å². The third kappa shape index (κ3) is 6.14. The number of benzene rings is 1. The van der Waals surface area contributed by atoms with Crippen molar-refractivity contribution < 1.29 is 9.90 Å². The minimum Gasteiger partial charge on any atom is -0.481 e. The molecule has 0 unspecified atom stereocenters. The monoisotopic (exact) mass is 447 g/mol. The number of carboxylic acids is 1. The first-order valence-corrected chi connectivity index (χ1v) is 11.8. The maximum Gasteiger partial charge on any atom is 0.307 e. The number of carbonyl (C=O) groups is 1. The van der Waals surface area contributed by atoms with Crippen molar-refractivity contribution in [2.45, 2.75) is 46.0 Å². The summed E-state index contributed by atoms with van der Waals surface area (Å²) in [6.07, 6.45) is 9.86. The molecule has 2 aromatic heterocycles. The summed E-state index contributed by atoms with van der Waals surface area (Å²) in [7, 11) is 0. The van der Waals surface area contributed by atoms with Crippen molar-refractivity contribution in [1.82, 2.24) is 9.97 Å². The fraction of sp³-hybridized carbons (Fsp3) is 0.269. The van der Waals surface area contributed by atoms with E-state index in [1.54, 1.807) is 11.3 Å². The smallest absolute Gasteiger partial charge is 0.307 e. The summed E-state index contributed by atoms with van der Waals surface area (Å²) in [6.45, 7) is 8.16. The van der Waals surface area contributed by atoms with Crippen LogP contribution in [0.3, 0.4) is 0 Å². The molecule has 166 valence electrons. The molecule has 3 aromatic rings. The van der Waals surface area contributed by atoms with Crippen LogP contribution in [0.25, 0.3) is 16.8 Å². The van der Waals surface area contributed by atoms with Crippen molar-refractivity contribution in [3.8, 4) is 10.7 Å². The topological polar surface area (TPSA) is 75.1 Å². The SMILES string of the molecule is C=CCc1c(CC)nc(-c2cc(/C=C/CCC)cs2)nc1Nc1ccc(CC(=O)O)cc1. The highest BCUT2D eigenvalue weighted by Gasteiger charge is 2.15. The van der Waals surface area contributed by atoms with Crippen molar-refractivity contribution in [2.24, 2.45) is 0 Å². The molecule has 32 heavy (non-hydrogen) atoms. The number of unbranched alkanes of at least 4 members (excludes halogenated alkanes) is 1. The largest absolute Gasteiger partial charge is 0.481 e. The number of allylic oxidation sites excluding steroid dienone is 2. The zero-order chi connectivity index (χ0) is 22.9. The summed E-state index contributed by atoms with van der Waals surface area (Å²) < 4.78 is 0. The predicted molar refractivity (Wildman–Crippen MR) is 134 cm³/mol. The van der Waals surface area contributed by atoms with Gasteiger partial charge in [0.25, 0.3) is 0 Å². The minimum atomic E-state index is -0.841. The Morgan fingerprint density at radius 1 is 1.22 bits per heavy atom. The van der Waals surface area contributed by atoms with E-state index in [-0.39, 0.29) is 6.42 Å². The van der Waals surface area contributed by atoms with E-state index in [4.69, 9.17) is 15.1 Å². The van der Waals surface area contributed by atoms with Gasteiger partial charge in [0, 0.05) is 16.9 Å². The number of aromatic nitrogens is 2. The summed E-state index contributed by atoms with van der Waals surface area (Å²) in [5.74, 6) is 0.626. The lowest BCUT2D eigenvalue weighted by molar-refractivity contribution is -0.136. The highest BCUT2D eigenvalue weighted by molar-refractivity contribution is 7.13. The van der Waals surface area contributed by atoms with Crippen LogP contribution in [0.2, 0.25) is 0 Å². The van der Waals surface area contributed by atoms with E-state index in [2.05, 4.69) is 49.3 Å². The summed E-state index contributed by atoms with van der Waals surface area (Å²) in [6, 6.07) is 9.53. The molecule has 6 heteroatoms. The van der Waals surface area contributed by atoms with E-state index >= 15 is 0 Å². The Hall–Kier alpha value is -3.25. The lowest BCUT2D eigenvalue weighted by Gasteiger charge is -2.15. The van der Waals surface area contributed by atoms with Gasteiger partial charge in [-0.25, -0.2) is 9.97 Å². The number of carboxylic acid groups (broad SMARTS) is 1. The molecule has 0 bridgehead atoms. The third-order valence-electron chi connectivity index (χ3n) is 4.95. The first kappa shape index (κ1) is 23.4. The minimum absolute atomic E-state index is 0.00699. The summed E-state index contributed by atoms with van der Waals surface area (Å²) >= 11 is 1.64. The number of hydrogen-bond donors (Lipinski definition) is 2. The number of nitrogens with one attached hydrogen (secondary N) is 1. The Balaban J connectivity index is 1.95. The fourth-order valence-corrected chi connectivity index (χ4v) is 4.16. The molecule has 0 aliphatic heterocycles. The van der Waals surface area contributed by atoms with Crippen molar-refractivity contribution in [1.29, 1.82) is 0 Å². The summed E-state index contributed by atoms with van der Waals surface area (Å²) in [5, 5.41) is 14.5. The van der Waals surface area contributed by atoms with Gasteiger partial charge in [0.1, 0.15) is 5.82 Å². The van der Waals surface area contributed by atoms with Crippen LogP contribution in [-0.2, 0) is 24.1 Å². The second kappa shape index (κ2) is 11.4. The lowest BCUT2D eigenvalue weighted by Crippen LogP contribution is -2.07. The number of anilines is 2. The number of nitrogens with zero attached hydrogens (tertiary/aromatic N) is 2. The van der Waals surface area contributed by atoms with Crippen LogP contribution in [0, 0.1) is 0 Å². The van der Waals surface area contributed by atoms with Crippen molar-refractivity contribution in [2.75, 3.05) is 5.32 Å². The first-order valence-electron chi connectivity index (χ1n) is 10.9. The van der Waals surface area contributed by atoms with Crippen molar-refractivity contribution in [3.05, 3.63) is 76.8 Å². The van der Waals surface area contributed by atoms with Crippen LogP contribution in [-0.4, -0.2) is 21.0 Å². The molecule has 0 spiro atoms. The fourth-order valence-electron chi connectivity index (χ4n) is 3.35. The van der Waals surface area contributed by atoms with Gasteiger partial charge in [-0.05, 0) is 54.0 Å². The Morgan fingerprint density at radius 2 is 2.00 bits per heavy atom. The molecule has 1 aromatic carbocycles. The van der Waals surface area contributed by atoms with E-state index in [0.717, 1.165) is 52.5 Å². The molecule has 0 atom stereocenters. The quantitative estimate of drug-likeness (QED) is 0.321. The van der Waals surface area contributed by atoms with E-state index in [1.807, 2.05) is 30.3 Å². The average molecular weight is 448 g/mol. The highest BCUT2D eigenvalue weighted by atomic mass is 32.1. The molecule has 0 saturated carbocycles. The number of hydrogen-bond acceptors (Lipinski definition) is 5. The normalized spacial score (nSPS) is 11.1. The van der Waals surface area contributed by atoms with Gasteiger partial charge >= 0.3 is 5.97 Å². The van der Waals surface area contributed by atoms with Gasteiger partial charge in [-0.2, -0.15) is 0 Å². The van der Waals surface area contributed by atoms with Gasteiger partial charge in [-0.3, -0.25) is 4.79 Å². The third-order valence-corrected chi connectivity index (χ3v) is 5.90. The average Bonchev–Trinajstić information content (AvgIpc) is 3.25. The first-order chi connectivity index (χ1) is 15.5. The number of aryl methyl sites for hydroxylation is 1. The molecule has 2 heterocycles. The van der Waals surface area contributed by atoms with Gasteiger partial charge < -0.3 is 10.4 Å². The molecule has 5 nitrogen and oxygen atoms in total. The molecule has 0 aliphatic carbocycles. The molecule has 0 saturated heterocycles. The van der Waals surface area contributed by atoms with Crippen LogP contribution in [0.4, 0.5) is 11.5 Å². The number of aliphatic carboxylic acids is 1. The van der Waals surface area contributed by atoms with E-state index in [0.29, 0.717) is 12.2 Å². The maximum absolute atomic E-state index is 10.9. The molecule has 0 radical (unpaired) electrons. The summed E-state index contributed by atoms with van der Waals surface area (Å²) in [4.78, 5) is 21.7. The van der Waals surface area contributed by atoms with Crippen molar-refractivity contribution in [3.63, 3.8) is 0 Å². The second-order valence-electron chi connectivity index (χ2n) is 7.50. The maximum atomic E-state index is 10.9. The number of thiophene rings is 1. The standard InChI is InChI=1S/C26H29N3O2S/c1-4-7-8-10-19-15-23(32-17-19)26-28-22(6-3)21(9-5-2)25(29-26)27-20-13-11-18(12-14-20)16-24(30)31/h5,8,10-15,17H,2,4,6-7,9,16H2,1,3H3,(H,30,31)(H,27,28,29)/b10-8+. The van der Waals surface area contributed by atoms with Gasteiger partial charge in [0.05, 0.1) is 11.3 Å². The van der Waals surface area contributed by atoms with Gasteiger partial charge in [0.15, 0.2) is 5.82 Å². The molecule has 2 N–H and O–H groups in total. The molecular weight excluding hydrogens is 418 g/mol. The predicted octanol–water partition coefficient (Wildman–Crippen LogP) is 6.68. The lowest BCUT2D eigenvalue weighted by atomic mass is 10.1. The van der Waals surface area contributed by atoms with Crippen LogP contribution in [0.5, 0.6) is 0 Å². The second-order valence-corrected chi connectivity index (χ2v) is 8.41. The van der Waals surface area contributed by atoms with Crippen LogP contribution < -0.4 is 5.32 Å². The zero-order valence-corrected chi connectivity index (χ0v) is 19.4. The molecular formula is C26H29N3O2S. The number of rotatable bonds is 11. The molecule has 0 aliphatic rings. The highest BCUT2D eigenvalue weighted by Crippen LogP contribution is 2.30. The van der Waals surface area contributed by atoms with Crippen LogP contribution in [0.15, 0.2) is 54.4 Å². The Bertz CT molecular complexity index is 1100. The van der Waals surface area contributed by atoms with Crippen LogP contribution >= 0.6 is 11.3 Å². The van der Waals surface area contributed by atoms with Gasteiger partial charge in [-0.1, -0.05) is 50.6 Å².